The van der Waals surface area contributed by atoms with Crippen molar-refractivity contribution in [2.75, 3.05) is 26.3 Å². The number of carbonyl (C=O) groups is 1. The smallest absolute Gasteiger partial charge is 0.255 e. The first-order valence-corrected chi connectivity index (χ1v) is 10.6. The molecule has 0 aliphatic carbocycles. The second-order valence-corrected chi connectivity index (χ2v) is 8.41. The van der Waals surface area contributed by atoms with Crippen molar-refractivity contribution < 1.29 is 14.1 Å². The molecule has 0 unspecified atom stereocenters. The fourth-order valence-corrected chi connectivity index (χ4v) is 5.18. The summed E-state index contributed by atoms with van der Waals surface area (Å²) in [6.45, 7) is 10.8. The highest BCUT2D eigenvalue weighted by Gasteiger charge is 2.31. The summed E-state index contributed by atoms with van der Waals surface area (Å²) < 4.78 is 10.9. The molecule has 2 aliphatic heterocycles. The van der Waals surface area contributed by atoms with E-state index < -0.39 is 0 Å². The molecule has 0 spiro atoms. The number of ether oxygens (including phenoxy) is 1. The lowest BCUT2D eigenvalue weighted by atomic mass is 10.0. The maximum absolute atomic E-state index is 13.2. The summed E-state index contributed by atoms with van der Waals surface area (Å²) in [5, 5.41) is 6.12. The molecular formula is C20H27N3O3S. The standard InChI is InChI=1S/C20H27N3O3S/c1-4-15-11-25-8-7-23(15)20(24)18-12-27-19-10-22(6-5-16(18)19)9-17-13(2)21-26-14(17)3/h12,15H,4-11H2,1-3H3/t15-/m0/s1. The van der Waals surface area contributed by atoms with Crippen molar-refractivity contribution in [3.05, 3.63) is 38.4 Å². The summed E-state index contributed by atoms with van der Waals surface area (Å²) in [5.41, 5.74) is 4.32. The number of nitrogens with zero attached hydrogens (tertiary/aromatic N) is 3. The Morgan fingerprint density at radius 3 is 2.96 bits per heavy atom. The molecule has 2 aromatic heterocycles. The van der Waals surface area contributed by atoms with Gasteiger partial charge in [0.15, 0.2) is 0 Å². The SMILES string of the molecule is CC[C@H]1COCCN1C(=O)c1csc2c1CCN(Cc1c(C)noc1C)C2. The number of aromatic nitrogens is 1. The maximum Gasteiger partial charge on any atom is 0.255 e. The zero-order valence-corrected chi connectivity index (χ0v) is 17.1. The number of carbonyl (C=O) groups excluding carboxylic acids is 1. The van der Waals surface area contributed by atoms with E-state index in [1.165, 1.54) is 16.0 Å². The van der Waals surface area contributed by atoms with Crippen molar-refractivity contribution >= 4 is 17.2 Å². The Hall–Kier alpha value is -1.70. The van der Waals surface area contributed by atoms with Crippen molar-refractivity contribution in [1.82, 2.24) is 15.0 Å². The van der Waals surface area contributed by atoms with Gasteiger partial charge in [-0.1, -0.05) is 12.1 Å². The number of morpholine rings is 1. The van der Waals surface area contributed by atoms with Crippen LogP contribution in [0, 0.1) is 13.8 Å². The van der Waals surface area contributed by atoms with Gasteiger partial charge >= 0.3 is 0 Å². The van der Waals surface area contributed by atoms with Crippen LogP contribution < -0.4 is 0 Å². The number of hydrogen-bond acceptors (Lipinski definition) is 6. The topological polar surface area (TPSA) is 58.8 Å². The number of fused-ring (bicyclic) bond motifs is 1. The monoisotopic (exact) mass is 389 g/mol. The molecule has 0 aromatic carbocycles. The third kappa shape index (κ3) is 3.56. The Kier molecular flexibility index (Phi) is 5.34. The van der Waals surface area contributed by atoms with E-state index in [-0.39, 0.29) is 11.9 Å². The lowest BCUT2D eigenvalue weighted by Gasteiger charge is -2.35. The van der Waals surface area contributed by atoms with Crippen molar-refractivity contribution in [2.45, 2.75) is 52.7 Å². The molecular weight excluding hydrogens is 362 g/mol. The highest BCUT2D eigenvalue weighted by molar-refractivity contribution is 7.10. The van der Waals surface area contributed by atoms with Crippen LogP contribution in [0.25, 0.3) is 0 Å². The average Bonchev–Trinajstić information content (AvgIpc) is 3.25. The normalized spacial score (nSPS) is 20.7. The lowest BCUT2D eigenvalue weighted by molar-refractivity contribution is -0.00285. The maximum atomic E-state index is 13.2. The van der Waals surface area contributed by atoms with Gasteiger partial charge in [-0.25, -0.2) is 0 Å². The molecule has 0 bridgehead atoms. The molecule has 2 aliphatic rings. The van der Waals surface area contributed by atoms with Crippen LogP contribution in [0.5, 0.6) is 0 Å². The van der Waals surface area contributed by atoms with E-state index in [1.54, 1.807) is 11.3 Å². The van der Waals surface area contributed by atoms with Gasteiger partial charge in [0.2, 0.25) is 0 Å². The zero-order chi connectivity index (χ0) is 19.0. The van der Waals surface area contributed by atoms with Gasteiger partial charge in [0, 0.05) is 42.0 Å². The minimum absolute atomic E-state index is 0.182. The van der Waals surface area contributed by atoms with E-state index in [0.717, 1.165) is 49.5 Å². The number of rotatable bonds is 4. The molecule has 1 amide bonds. The number of aryl methyl sites for hydroxylation is 2. The molecule has 1 saturated heterocycles. The average molecular weight is 390 g/mol. The summed E-state index contributed by atoms with van der Waals surface area (Å²) in [4.78, 5) is 18.9. The molecule has 2 aromatic rings. The molecule has 0 N–H and O–H groups in total. The van der Waals surface area contributed by atoms with Crippen molar-refractivity contribution in [1.29, 1.82) is 0 Å². The second-order valence-electron chi connectivity index (χ2n) is 7.45. The van der Waals surface area contributed by atoms with Crippen LogP contribution >= 0.6 is 11.3 Å². The van der Waals surface area contributed by atoms with Crippen LogP contribution in [0.1, 0.15) is 51.2 Å². The van der Waals surface area contributed by atoms with E-state index in [0.29, 0.717) is 19.8 Å². The highest BCUT2D eigenvalue weighted by Crippen LogP contribution is 2.31. The van der Waals surface area contributed by atoms with Gasteiger partial charge in [0.05, 0.1) is 30.5 Å². The van der Waals surface area contributed by atoms with Gasteiger partial charge in [-0.15, -0.1) is 11.3 Å². The molecule has 0 saturated carbocycles. The minimum atomic E-state index is 0.182. The molecule has 0 radical (unpaired) electrons. The van der Waals surface area contributed by atoms with Crippen molar-refractivity contribution in [3.8, 4) is 0 Å². The van der Waals surface area contributed by atoms with Gasteiger partial charge in [-0.05, 0) is 32.3 Å². The molecule has 1 atom stereocenters. The Bertz CT molecular complexity index is 809. The summed E-state index contributed by atoms with van der Waals surface area (Å²) in [6, 6.07) is 0.196. The van der Waals surface area contributed by atoms with Crippen LogP contribution in [-0.4, -0.2) is 53.2 Å². The first-order chi connectivity index (χ1) is 13.1. The summed E-state index contributed by atoms with van der Waals surface area (Å²) in [7, 11) is 0. The van der Waals surface area contributed by atoms with Gasteiger partial charge in [-0.2, -0.15) is 0 Å². The molecule has 146 valence electrons. The van der Waals surface area contributed by atoms with E-state index in [9.17, 15) is 4.79 Å². The molecule has 27 heavy (non-hydrogen) atoms. The number of thiophene rings is 1. The Labute approximate surface area is 164 Å². The Balaban J connectivity index is 1.49. The molecule has 4 heterocycles. The Morgan fingerprint density at radius 1 is 1.37 bits per heavy atom. The van der Waals surface area contributed by atoms with Crippen LogP contribution in [0.3, 0.4) is 0 Å². The molecule has 6 nitrogen and oxygen atoms in total. The number of hydrogen-bond donors (Lipinski definition) is 0. The van der Waals surface area contributed by atoms with Crippen LogP contribution in [0.4, 0.5) is 0 Å². The Morgan fingerprint density at radius 2 is 2.22 bits per heavy atom. The van der Waals surface area contributed by atoms with Crippen molar-refractivity contribution in [2.24, 2.45) is 0 Å². The van der Waals surface area contributed by atoms with Crippen LogP contribution in [0.15, 0.2) is 9.90 Å². The fourth-order valence-electron chi connectivity index (χ4n) is 4.06. The summed E-state index contributed by atoms with van der Waals surface area (Å²) >= 11 is 1.72. The quantitative estimate of drug-likeness (QED) is 0.804. The minimum Gasteiger partial charge on any atom is -0.377 e. The molecule has 1 fully saturated rings. The van der Waals surface area contributed by atoms with Gasteiger partial charge < -0.3 is 14.2 Å². The van der Waals surface area contributed by atoms with E-state index in [2.05, 4.69) is 22.4 Å². The first kappa shape index (κ1) is 18.7. The second kappa shape index (κ2) is 7.73. The zero-order valence-electron chi connectivity index (χ0n) is 16.3. The number of amides is 1. The third-order valence-electron chi connectivity index (χ3n) is 5.78. The summed E-state index contributed by atoms with van der Waals surface area (Å²) in [6.07, 6.45) is 1.85. The molecule has 4 rings (SSSR count). The predicted octanol–water partition coefficient (Wildman–Crippen LogP) is 3.16. The van der Waals surface area contributed by atoms with E-state index in [4.69, 9.17) is 9.26 Å². The molecule has 7 heteroatoms. The summed E-state index contributed by atoms with van der Waals surface area (Å²) in [5.74, 6) is 1.08. The van der Waals surface area contributed by atoms with Crippen LogP contribution in [-0.2, 0) is 24.2 Å². The van der Waals surface area contributed by atoms with Gasteiger partial charge in [0.1, 0.15) is 5.76 Å². The van der Waals surface area contributed by atoms with E-state index >= 15 is 0 Å². The fraction of sp³-hybridized carbons (Fsp3) is 0.600. The highest BCUT2D eigenvalue weighted by atomic mass is 32.1. The van der Waals surface area contributed by atoms with Gasteiger partial charge in [0.25, 0.3) is 5.91 Å². The van der Waals surface area contributed by atoms with Crippen molar-refractivity contribution in [3.63, 3.8) is 0 Å². The first-order valence-electron chi connectivity index (χ1n) is 9.70. The van der Waals surface area contributed by atoms with Gasteiger partial charge in [-0.3, -0.25) is 9.69 Å². The largest absolute Gasteiger partial charge is 0.377 e. The third-order valence-corrected chi connectivity index (χ3v) is 6.79. The lowest BCUT2D eigenvalue weighted by Crippen LogP contribution is -2.48. The predicted molar refractivity (Wildman–Crippen MR) is 104 cm³/mol. The van der Waals surface area contributed by atoms with Crippen LogP contribution in [0.2, 0.25) is 0 Å². The van der Waals surface area contributed by atoms with E-state index in [1.807, 2.05) is 18.7 Å².